The summed E-state index contributed by atoms with van der Waals surface area (Å²) in [6.07, 6.45) is 5.19. The van der Waals surface area contributed by atoms with Crippen LogP contribution in [-0.4, -0.2) is 52.7 Å². The summed E-state index contributed by atoms with van der Waals surface area (Å²) in [5, 5.41) is 0. The average molecular weight is 292 g/mol. The summed E-state index contributed by atoms with van der Waals surface area (Å²) < 4.78 is 5.43. The van der Waals surface area contributed by atoms with E-state index in [1.807, 2.05) is 20.8 Å². The van der Waals surface area contributed by atoms with Crippen molar-refractivity contribution in [2.75, 3.05) is 25.0 Å². The Morgan fingerprint density at radius 1 is 1.38 bits per heavy atom. The molecule has 6 heteroatoms. The van der Waals surface area contributed by atoms with Crippen molar-refractivity contribution in [3.63, 3.8) is 0 Å². The van der Waals surface area contributed by atoms with Crippen LogP contribution in [0.2, 0.25) is 0 Å². The molecule has 1 aromatic heterocycles. The number of hydrogen-bond acceptors (Lipinski definition) is 5. The van der Waals surface area contributed by atoms with E-state index >= 15 is 0 Å². The van der Waals surface area contributed by atoms with E-state index in [9.17, 15) is 4.79 Å². The van der Waals surface area contributed by atoms with Gasteiger partial charge in [-0.15, -0.1) is 0 Å². The van der Waals surface area contributed by atoms with E-state index in [-0.39, 0.29) is 12.1 Å². The lowest BCUT2D eigenvalue weighted by Crippen LogP contribution is -2.50. The third kappa shape index (κ3) is 4.31. The average Bonchev–Trinajstić information content (AvgIpc) is 2.46. The molecule has 1 fully saturated rings. The van der Waals surface area contributed by atoms with Crippen LogP contribution >= 0.6 is 0 Å². The lowest BCUT2D eigenvalue weighted by atomic mass is 10.1. The molecule has 21 heavy (non-hydrogen) atoms. The summed E-state index contributed by atoms with van der Waals surface area (Å²) in [6, 6.07) is 1.93. The zero-order chi connectivity index (χ0) is 15.5. The van der Waals surface area contributed by atoms with E-state index in [0.29, 0.717) is 0 Å². The lowest BCUT2D eigenvalue weighted by molar-refractivity contribution is 0.0209. The van der Waals surface area contributed by atoms with Crippen molar-refractivity contribution in [3.05, 3.63) is 18.5 Å². The Labute approximate surface area is 126 Å². The van der Waals surface area contributed by atoms with E-state index in [1.165, 1.54) is 0 Å². The third-order valence-corrected chi connectivity index (χ3v) is 3.46. The van der Waals surface area contributed by atoms with Gasteiger partial charge in [-0.1, -0.05) is 0 Å². The molecule has 0 spiro atoms. The highest BCUT2D eigenvalue weighted by Gasteiger charge is 2.29. The number of rotatable bonds is 2. The highest BCUT2D eigenvalue weighted by Crippen LogP contribution is 2.20. The van der Waals surface area contributed by atoms with Crippen LogP contribution in [-0.2, 0) is 4.74 Å². The fourth-order valence-electron chi connectivity index (χ4n) is 2.39. The molecule has 0 N–H and O–H groups in total. The number of anilines is 1. The standard InChI is InChI=1S/C15H24N4O2/c1-15(2,3)21-14(20)18(4)12-7-5-10-19(11-12)13-16-8-6-9-17-13/h6,8-9,12H,5,7,10-11H2,1-4H3/t12-/m0/s1. The van der Waals surface area contributed by atoms with Gasteiger partial charge in [-0.3, -0.25) is 0 Å². The molecule has 0 saturated carbocycles. The maximum absolute atomic E-state index is 12.2. The van der Waals surface area contributed by atoms with Crippen LogP contribution in [0.3, 0.4) is 0 Å². The summed E-state index contributed by atoms with van der Waals surface area (Å²) in [7, 11) is 1.80. The summed E-state index contributed by atoms with van der Waals surface area (Å²) in [4.78, 5) is 24.5. The Morgan fingerprint density at radius 2 is 2.05 bits per heavy atom. The van der Waals surface area contributed by atoms with Gasteiger partial charge in [0.25, 0.3) is 0 Å². The van der Waals surface area contributed by atoms with Crippen molar-refractivity contribution < 1.29 is 9.53 Å². The largest absolute Gasteiger partial charge is 0.444 e. The molecule has 0 unspecified atom stereocenters. The van der Waals surface area contributed by atoms with Gasteiger partial charge in [-0.2, -0.15) is 0 Å². The van der Waals surface area contributed by atoms with Crippen molar-refractivity contribution in [1.82, 2.24) is 14.9 Å². The predicted molar refractivity (Wildman–Crippen MR) is 81.3 cm³/mol. The van der Waals surface area contributed by atoms with Crippen LogP contribution in [0.4, 0.5) is 10.7 Å². The van der Waals surface area contributed by atoms with E-state index < -0.39 is 5.60 Å². The van der Waals surface area contributed by atoms with Gasteiger partial charge in [-0.25, -0.2) is 14.8 Å². The van der Waals surface area contributed by atoms with Gasteiger partial charge in [0.05, 0.1) is 6.04 Å². The summed E-state index contributed by atoms with van der Waals surface area (Å²) in [5.74, 6) is 0.722. The van der Waals surface area contributed by atoms with Gasteiger partial charge in [0, 0.05) is 32.5 Å². The van der Waals surface area contributed by atoms with Crippen molar-refractivity contribution in [2.45, 2.75) is 45.3 Å². The van der Waals surface area contributed by atoms with Gasteiger partial charge in [0.2, 0.25) is 5.95 Å². The van der Waals surface area contributed by atoms with Crippen LogP contribution in [0.15, 0.2) is 18.5 Å². The summed E-state index contributed by atoms with van der Waals surface area (Å²) >= 11 is 0. The van der Waals surface area contributed by atoms with Crippen molar-refractivity contribution in [2.24, 2.45) is 0 Å². The van der Waals surface area contributed by atoms with E-state index in [2.05, 4.69) is 14.9 Å². The number of likely N-dealkylation sites (N-methyl/N-ethyl adjacent to an activating group) is 1. The first kappa shape index (κ1) is 15.5. The first-order chi connectivity index (χ1) is 9.87. The van der Waals surface area contributed by atoms with E-state index in [1.54, 1.807) is 30.4 Å². The molecule has 1 aliphatic rings. The normalized spacial score (nSPS) is 19.2. The van der Waals surface area contributed by atoms with Gasteiger partial charge in [0.1, 0.15) is 5.60 Å². The molecular formula is C15H24N4O2. The third-order valence-electron chi connectivity index (χ3n) is 3.46. The van der Waals surface area contributed by atoms with E-state index in [0.717, 1.165) is 31.9 Å². The second kappa shape index (κ2) is 6.28. The SMILES string of the molecule is CN(C(=O)OC(C)(C)C)[C@H]1CCCN(c2ncccn2)C1. The first-order valence-corrected chi connectivity index (χ1v) is 7.34. The summed E-state index contributed by atoms with van der Waals surface area (Å²) in [6.45, 7) is 7.29. The first-order valence-electron chi connectivity index (χ1n) is 7.34. The smallest absolute Gasteiger partial charge is 0.410 e. The van der Waals surface area contributed by atoms with Crippen LogP contribution < -0.4 is 4.90 Å². The molecule has 116 valence electrons. The fraction of sp³-hybridized carbons (Fsp3) is 0.667. The maximum Gasteiger partial charge on any atom is 0.410 e. The number of amides is 1. The van der Waals surface area contributed by atoms with Crippen molar-refractivity contribution >= 4 is 12.0 Å². The minimum atomic E-state index is -0.470. The molecule has 0 bridgehead atoms. The highest BCUT2D eigenvalue weighted by atomic mass is 16.6. The Morgan fingerprint density at radius 3 is 2.67 bits per heavy atom. The van der Waals surface area contributed by atoms with E-state index in [4.69, 9.17) is 4.74 Å². The minimum Gasteiger partial charge on any atom is -0.444 e. The molecule has 1 aliphatic heterocycles. The van der Waals surface area contributed by atoms with Crippen LogP contribution in [0.5, 0.6) is 0 Å². The number of carbonyl (C=O) groups excluding carboxylic acids is 1. The molecule has 1 amide bonds. The topological polar surface area (TPSA) is 58.6 Å². The lowest BCUT2D eigenvalue weighted by Gasteiger charge is -2.38. The predicted octanol–water partition coefficient (Wildman–Crippen LogP) is 2.31. The molecule has 1 saturated heterocycles. The molecule has 0 radical (unpaired) electrons. The number of nitrogens with zero attached hydrogens (tertiary/aromatic N) is 4. The fourth-order valence-corrected chi connectivity index (χ4v) is 2.39. The zero-order valence-electron chi connectivity index (χ0n) is 13.2. The van der Waals surface area contributed by atoms with Crippen molar-refractivity contribution in [1.29, 1.82) is 0 Å². The quantitative estimate of drug-likeness (QED) is 0.837. The van der Waals surface area contributed by atoms with Crippen LogP contribution in [0.1, 0.15) is 33.6 Å². The molecule has 0 aromatic carbocycles. The van der Waals surface area contributed by atoms with Crippen molar-refractivity contribution in [3.8, 4) is 0 Å². The second-order valence-corrected chi connectivity index (χ2v) is 6.38. The molecule has 1 atom stereocenters. The molecule has 6 nitrogen and oxygen atoms in total. The number of carbonyl (C=O) groups is 1. The zero-order valence-corrected chi connectivity index (χ0v) is 13.2. The van der Waals surface area contributed by atoms with Crippen LogP contribution in [0, 0.1) is 0 Å². The van der Waals surface area contributed by atoms with Gasteiger partial charge >= 0.3 is 6.09 Å². The number of hydrogen-bond donors (Lipinski definition) is 0. The number of aromatic nitrogens is 2. The van der Waals surface area contributed by atoms with Gasteiger partial charge < -0.3 is 14.5 Å². The molecule has 2 rings (SSSR count). The van der Waals surface area contributed by atoms with Gasteiger partial charge in [-0.05, 0) is 39.7 Å². The molecular weight excluding hydrogens is 268 g/mol. The monoisotopic (exact) mass is 292 g/mol. The minimum absolute atomic E-state index is 0.123. The molecule has 2 heterocycles. The molecule has 0 aliphatic carbocycles. The Balaban J connectivity index is 1.99. The number of ether oxygens (including phenoxy) is 1. The summed E-state index contributed by atoms with van der Waals surface area (Å²) in [5.41, 5.74) is -0.470. The maximum atomic E-state index is 12.2. The van der Waals surface area contributed by atoms with Crippen LogP contribution in [0.25, 0.3) is 0 Å². The highest BCUT2D eigenvalue weighted by molar-refractivity contribution is 5.68. The van der Waals surface area contributed by atoms with Gasteiger partial charge in [0.15, 0.2) is 0 Å². The molecule has 1 aromatic rings. The second-order valence-electron chi connectivity index (χ2n) is 6.38. The number of piperidine rings is 1. The Kier molecular flexibility index (Phi) is 4.65. The Bertz CT molecular complexity index is 472. The Hall–Kier alpha value is -1.85.